The number of rotatable bonds is 2. The fourth-order valence-electron chi connectivity index (χ4n) is 1.52. The van der Waals surface area contributed by atoms with Crippen LogP contribution in [0.15, 0.2) is 0 Å². The lowest BCUT2D eigenvalue weighted by molar-refractivity contribution is 0.0163. The zero-order valence-corrected chi connectivity index (χ0v) is 6.55. The second-order valence-electron chi connectivity index (χ2n) is 3.11. The summed E-state index contributed by atoms with van der Waals surface area (Å²) >= 11 is 0. The lowest BCUT2D eigenvalue weighted by atomic mass is 9.88. The molecule has 1 aliphatic rings. The van der Waals surface area contributed by atoms with Crippen LogP contribution in [0.5, 0.6) is 0 Å². The maximum absolute atomic E-state index is 8.70. The zero-order chi connectivity index (χ0) is 7.40. The number of hydrogen-bond donors (Lipinski definition) is 1. The van der Waals surface area contributed by atoms with Crippen LogP contribution in [-0.2, 0) is 4.74 Å². The van der Waals surface area contributed by atoms with Crippen LogP contribution in [0.3, 0.4) is 0 Å². The third-order valence-corrected chi connectivity index (χ3v) is 2.32. The van der Waals surface area contributed by atoms with Crippen LogP contribution in [0.1, 0.15) is 19.8 Å². The van der Waals surface area contributed by atoms with Crippen molar-refractivity contribution in [1.82, 2.24) is 0 Å². The van der Waals surface area contributed by atoms with E-state index in [2.05, 4.69) is 6.92 Å². The molecule has 1 rings (SSSR count). The van der Waals surface area contributed by atoms with Crippen molar-refractivity contribution in [3.8, 4) is 0 Å². The Bertz CT molecular complexity index is 91.3. The van der Waals surface area contributed by atoms with E-state index in [0.717, 1.165) is 26.1 Å². The van der Waals surface area contributed by atoms with E-state index < -0.39 is 0 Å². The van der Waals surface area contributed by atoms with Gasteiger partial charge >= 0.3 is 0 Å². The minimum absolute atomic E-state index is 0.328. The van der Waals surface area contributed by atoms with E-state index in [0.29, 0.717) is 18.4 Å². The van der Waals surface area contributed by atoms with Crippen molar-refractivity contribution in [1.29, 1.82) is 0 Å². The van der Waals surface area contributed by atoms with Crippen molar-refractivity contribution in [3.05, 3.63) is 0 Å². The summed E-state index contributed by atoms with van der Waals surface area (Å²) in [4.78, 5) is 0. The summed E-state index contributed by atoms with van der Waals surface area (Å²) in [5, 5.41) is 8.70. The minimum Gasteiger partial charge on any atom is -0.396 e. The molecule has 0 unspecified atom stereocenters. The van der Waals surface area contributed by atoms with Gasteiger partial charge in [0, 0.05) is 19.8 Å². The topological polar surface area (TPSA) is 29.5 Å². The molecule has 0 spiro atoms. The van der Waals surface area contributed by atoms with Gasteiger partial charge in [-0.15, -0.1) is 0 Å². The first-order valence-corrected chi connectivity index (χ1v) is 4.03. The summed E-state index contributed by atoms with van der Waals surface area (Å²) in [6, 6.07) is 0. The van der Waals surface area contributed by atoms with E-state index in [9.17, 15) is 0 Å². The first-order valence-electron chi connectivity index (χ1n) is 4.03. The standard InChI is InChI=1S/C8H16O2/c1-7-6-10-5-3-8(7)2-4-9/h7-9H,2-6H2,1H3/t7-,8-/m0/s1. The SMILES string of the molecule is C[C@H]1COCC[C@@H]1CCO. The quantitative estimate of drug-likeness (QED) is 0.627. The summed E-state index contributed by atoms with van der Waals surface area (Å²) in [5.74, 6) is 1.33. The van der Waals surface area contributed by atoms with E-state index in [1.807, 2.05) is 0 Å². The molecule has 10 heavy (non-hydrogen) atoms. The van der Waals surface area contributed by atoms with Gasteiger partial charge in [-0.25, -0.2) is 0 Å². The Morgan fingerprint density at radius 1 is 1.60 bits per heavy atom. The van der Waals surface area contributed by atoms with Crippen molar-refractivity contribution < 1.29 is 9.84 Å². The van der Waals surface area contributed by atoms with Gasteiger partial charge < -0.3 is 9.84 Å². The Balaban J connectivity index is 2.25. The maximum atomic E-state index is 8.70. The predicted molar refractivity (Wildman–Crippen MR) is 39.8 cm³/mol. The Hall–Kier alpha value is -0.0800. The summed E-state index contributed by atoms with van der Waals surface area (Å²) in [6.45, 7) is 4.29. The summed E-state index contributed by atoms with van der Waals surface area (Å²) in [6.07, 6.45) is 2.08. The Labute approximate surface area is 62.2 Å². The van der Waals surface area contributed by atoms with E-state index >= 15 is 0 Å². The van der Waals surface area contributed by atoms with E-state index in [1.54, 1.807) is 0 Å². The summed E-state index contributed by atoms with van der Waals surface area (Å²) in [7, 11) is 0. The van der Waals surface area contributed by atoms with Gasteiger partial charge in [0.2, 0.25) is 0 Å². The van der Waals surface area contributed by atoms with Crippen LogP contribution in [0, 0.1) is 11.8 Å². The molecule has 0 saturated carbocycles. The monoisotopic (exact) mass is 144 g/mol. The molecule has 0 bridgehead atoms. The summed E-state index contributed by atoms with van der Waals surface area (Å²) < 4.78 is 5.28. The van der Waals surface area contributed by atoms with Gasteiger partial charge in [0.05, 0.1) is 0 Å². The second kappa shape index (κ2) is 3.94. The normalized spacial score (nSPS) is 34.2. The molecule has 60 valence electrons. The highest BCUT2D eigenvalue weighted by Crippen LogP contribution is 2.23. The molecule has 2 atom stereocenters. The van der Waals surface area contributed by atoms with Gasteiger partial charge in [0.15, 0.2) is 0 Å². The maximum Gasteiger partial charge on any atom is 0.0494 e. The smallest absolute Gasteiger partial charge is 0.0494 e. The molecular formula is C8H16O2. The minimum atomic E-state index is 0.328. The molecule has 1 fully saturated rings. The molecule has 1 heterocycles. The third-order valence-electron chi connectivity index (χ3n) is 2.32. The first-order chi connectivity index (χ1) is 4.84. The fraction of sp³-hybridized carbons (Fsp3) is 1.00. The van der Waals surface area contributed by atoms with Crippen LogP contribution in [0.25, 0.3) is 0 Å². The van der Waals surface area contributed by atoms with Gasteiger partial charge in [0.25, 0.3) is 0 Å². The van der Waals surface area contributed by atoms with Crippen molar-refractivity contribution in [3.63, 3.8) is 0 Å². The van der Waals surface area contributed by atoms with Crippen molar-refractivity contribution >= 4 is 0 Å². The van der Waals surface area contributed by atoms with Crippen LogP contribution >= 0.6 is 0 Å². The van der Waals surface area contributed by atoms with Crippen molar-refractivity contribution in [2.24, 2.45) is 11.8 Å². The third kappa shape index (κ3) is 1.96. The number of ether oxygens (including phenoxy) is 1. The molecular weight excluding hydrogens is 128 g/mol. The van der Waals surface area contributed by atoms with Crippen LogP contribution in [0.4, 0.5) is 0 Å². The van der Waals surface area contributed by atoms with Gasteiger partial charge in [-0.05, 0) is 24.7 Å². The number of aliphatic hydroxyl groups is 1. The van der Waals surface area contributed by atoms with E-state index in [-0.39, 0.29) is 0 Å². The average molecular weight is 144 g/mol. The average Bonchev–Trinajstić information content (AvgIpc) is 1.94. The molecule has 2 heteroatoms. The predicted octanol–water partition coefficient (Wildman–Crippen LogP) is 1.04. The van der Waals surface area contributed by atoms with Gasteiger partial charge in [-0.3, -0.25) is 0 Å². The van der Waals surface area contributed by atoms with E-state index in [4.69, 9.17) is 9.84 Å². The van der Waals surface area contributed by atoms with Gasteiger partial charge in [0.1, 0.15) is 0 Å². The van der Waals surface area contributed by atoms with Crippen LogP contribution < -0.4 is 0 Å². The van der Waals surface area contributed by atoms with Gasteiger partial charge in [-0.1, -0.05) is 6.92 Å². The van der Waals surface area contributed by atoms with Crippen LogP contribution in [-0.4, -0.2) is 24.9 Å². The molecule has 0 aromatic rings. The molecule has 0 aromatic carbocycles. The molecule has 1 aliphatic heterocycles. The molecule has 1 saturated heterocycles. The fourth-order valence-corrected chi connectivity index (χ4v) is 1.52. The molecule has 0 aromatic heterocycles. The largest absolute Gasteiger partial charge is 0.396 e. The lowest BCUT2D eigenvalue weighted by Crippen LogP contribution is -2.25. The highest BCUT2D eigenvalue weighted by atomic mass is 16.5. The van der Waals surface area contributed by atoms with Crippen molar-refractivity contribution in [2.75, 3.05) is 19.8 Å². The molecule has 2 nitrogen and oxygen atoms in total. The second-order valence-corrected chi connectivity index (χ2v) is 3.11. The van der Waals surface area contributed by atoms with Gasteiger partial charge in [-0.2, -0.15) is 0 Å². The van der Waals surface area contributed by atoms with Crippen LogP contribution in [0.2, 0.25) is 0 Å². The zero-order valence-electron chi connectivity index (χ0n) is 6.55. The summed E-state index contributed by atoms with van der Waals surface area (Å²) in [5.41, 5.74) is 0. The number of hydrogen-bond acceptors (Lipinski definition) is 2. The molecule has 0 radical (unpaired) electrons. The highest BCUT2D eigenvalue weighted by molar-refractivity contribution is 4.69. The Morgan fingerprint density at radius 2 is 2.40 bits per heavy atom. The highest BCUT2D eigenvalue weighted by Gasteiger charge is 2.20. The Kier molecular flexibility index (Phi) is 3.16. The van der Waals surface area contributed by atoms with E-state index in [1.165, 1.54) is 0 Å². The first kappa shape index (κ1) is 8.02. The molecule has 0 aliphatic carbocycles. The molecule has 0 amide bonds. The number of aliphatic hydroxyl groups excluding tert-OH is 1. The molecule has 1 N–H and O–H groups in total. The van der Waals surface area contributed by atoms with Crippen molar-refractivity contribution in [2.45, 2.75) is 19.8 Å². The Morgan fingerprint density at radius 3 is 3.00 bits per heavy atom. The lowest BCUT2D eigenvalue weighted by Gasteiger charge is -2.28.